The van der Waals surface area contributed by atoms with E-state index in [9.17, 15) is 0 Å². The van der Waals surface area contributed by atoms with Crippen molar-refractivity contribution in [3.05, 3.63) is 41.4 Å². The van der Waals surface area contributed by atoms with Gasteiger partial charge in [-0.15, -0.1) is 0 Å². The SMILES string of the molecule is CCCn1nccc1C1CCCCC1COc1cncc(Cl)c1. The summed E-state index contributed by atoms with van der Waals surface area (Å²) in [5, 5.41) is 5.11. The van der Waals surface area contributed by atoms with Crippen LogP contribution in [0.4, 0.5) is 0 Å². The van der Waals surface area contributed by atoms with Gasteiger partial charge in [-0.05, 0) is 25.3 Å². The minimum atomic E-state index is 0.523. The molecule has 1 saturated carbocycles. The van der Waals surface area contributed by atoms with Gasteiger partial charge in [-0.1, -0.05) is 31.4 Å². The van der Waals surface area contributed by atoms with Crippen molar-refractivity contribution < 1.29 is 4.74 Å². The zero-order valence-electron chi connectivity index (χ0n) is 13.6. The summed E-state index contributed by atoms with van der Waals surface area (Å²) in [7, 11) is 0. The van der Waals surface area contributed by atoms with Crippen molar-refractivity contribution in [1.82, 2.24) is 14.8 Å². The van der Waals surface area contributed by atoms with E-state index in [-0.39, 0.29) is 0 Å². The van der Waals surface area contributed by atoms with Gasteiger partial charge in [0.15, 0.2) is 0 Å². The average molecular weight is 334 g/mol. The Morgan fingerprint density at radius 2 is 2.17 bits per heavy atom. The number of pyridine rings is 1. The molecule has 0 spiro atoms. The highest BCUT2D eigenvalue weighted by atomic mass is 35.5. The highest BCUT2D eigenvalue weighted by molar-refractivity contribution is 6.30. The topological polar surface area (TPSA) is 39.9 Å². The summed E-state index contributed by atoms with van der Waals surface area (Å²) in [6.45, 7) is 3.90. The van der Waals surface area contributed by atoms with E-state index < -0.39 is 0 Å². The number of nitrogens with zero attached hydrogens (tertiary/aromatic N) is 3. The summed E-state index contributed by atoms with van der Waals surface area (Å²) >= 11 is 5.98. The Morgan fingerprint density at radius 1 is 1.30 bits per heavy atom. The maximum atomic E-state index is 5.98. The van der Waals surface area contributed by atoms with Crippen LogP contribution in [0.3, 0.4) is 0 Å². The molecule has 0 radical (unpaired) electrons. The quantitative estimate of drug-likeness (QED) is 0.769. The Balaban J connectivity index is 1.70. The van der Waals surface area contributed by atoms with Crippen LogP contribution in [0.5, 0.6) is 5.75 Å². The van der Waals surface area contributed by atoms with E-state index in [1.807, 2.05) is 12.3 Å². The van der Waals surface area contributed by atoms with E-state index in [0.29, 0.717) is 23.5 Å². The first-order chi connectivity index (χ1) is 11.3. The van der Waals surface area contributed by atoms with Crippen molar-refractivity contribution >= 4 is 11.6 Å². The average Bonchev–Trinajstić information content (AvgIpc) is 3.02. The van der Waals surface area contributed by atoms with Gasteiger partial charge in [0.1, 0.15) is 5.75 Å². The second-order valence-electron chi connectivity index (χ2n) is 6.28. The minimum absolute atomic E-state index is 0.523. The molecule has 2 heterocycles. The molecule has 1 fully saturated rings. The fourth-order valence-electron chi connectivity index (χ4n) is 3.53. The van der Waals surface area contributed by atoms with E-state index in [2.05, 4.69) is 27.8 Å². The fourth-order valence-corrected chi connectivity index (χ4v) is 3.69. The first-order valence-corrected chi connectivity index (χ1v) is 8.90. The maximum absolute atomic E-state index is 5.98. The molecule has 1 aliphatic rings. The van der Waals surface area contributed by atoms with Gasteiger partial charge >= 0.3 is 0 Å². The first kappa shape index (κ1) is 16.3. The Kier molecular flexibility index (Phi) is 5.55. The molecule has 3 rings (SSSR count). The molecule has 5 heteroatoms. The Labute approximate surface area is 142 Å². The smallest absolute Gasteiger partial charge is 0.139 e. The maximum Gasteiger partial charge on any atom is 0.139 e. The monoisotopic (exact) mass is 333 g/mol. The second kappa shape index (κ2) is 7.82. The molecule has 0 saturated heterocycles. The predicted molar refractivity (Wildman–Crippen MR) is 92.0 cm³/mol. The van der Waals surface area contributed by atoms with Gasteiger partial charge in [-0.2, -0.15) is 5.10 Å². The van der Waals surface area contributed by atoms with Crippen LogP contribution in [0.2, 0.25) is 5.02 Å². The number of ether oxygens (including phenoxy) is 1. The van der Waals surface area contributed by atoms with Gasteiger partial charge in [0, 0.05) is 42.5 Å². The first-order valence-electron chi connectivity index (χ1n) is 8.53. The van der Waals surface area contributed by atoms with Crippen molar-refractivity contribution in [2.45, 2.75) is 51.5 Å². The van der Waals surface area contributed by atoms with Gasteiger partial charge < -0.3 is 4.74 Å². The van der Waals surface area contributed by atoms with Crippen LogP contribution in [0, 0.1) is 5.92 Å². The number of aryl methyl sites for hydroxylation is 1. The van der Waals surface area contributed by atoms with E-state index in [0.717, 1.165) is 18.7 Å². The van der Waals surface area contributed by atoms with Crippen LogP contribution in [0.15, 0.2) is 30.7 Å². The molecule has 2 unspecified atom stereocenters. The molecule has 2 atom stereocenters. The molecule has 0 amide bonds. The van der Waals surface area contributed by atoms with Crippen molar-refractivity contribution in [1.29, 1.82) is 0 Å². The molecular formula is C18H24ClN3O. The third-order valence-corrected chi connectivity index (χ3v) is 4.82. The summed E-state index contributed by atoms with van der Waals surface area (Å²) in [6, 6.07) is 4.01. The standard InChI is InChI=1S/C18H24ClN3O/c1-2-9-22-18(7-8-21-22)17-6-4-3-5-14(17)13-23-16-10-15(19)11-20-12-16/h7-8,10-12,14,17H,2-6,9,13H2,1H3. The Bertz CT molecular complexity index is 628. The van der Waals surface area contributed by atoms with Gasteiger partial charge in [0.25, 0.3) is 0 Å². The van der Waals surface area contributed by atoms with Gasteiger partial charge in [-0.3, -0.25) is 9.67 Å². The Hall–Kier alpha value is -1.55. The van der Waals surface area contributed by atoms with E-state index in [1.165, 1.54) is 31.4 Å². The van der Waals surface area contributed by atoms with E-state index >= 15 is 0 Å². The van der Waals surface area contributed by atoms with E-state index in [4.69, 9.17) is 16.3 Å². The molecule has 1 aliphatic carbocycles. The van der Waals surface area contributed by atoms with Crippen LogP contribution in [-0.2, 0) is 6.54 Å². The third-order valence-electron chi connectivity index (χ3n) is 4.62. The van der Waals surface area contributed by atoms with Crippen LogP contribution >= 0.6 is 11.6 Å². The highest BCUT2D eigenvalue weighted by Gasteiger charge is 2.29. The second-order valence-corrected chi connectivity index (χ2v) is 6.72. The number of rotatable bonds is 6. The molecule has 0 aromatic carbocycles. The highest BCUT2D eigenvalue weighted by Crippen LogP contribution is 2.38. The van der Waals surface area contributed by atoms with Crippen LogP contribution < -0.4 is 4.74 Å². The minimum Gasteiger partial charge on any atom is -0.492 e. The van der Waals surface area contributed by atoms with Crippen LogP contribution in [-0.4, -0.2) is 21.4 Å². The molecule has 0 N–H and O–H groups in total. The van der Waals surface area contributed by atoms with Crippen molar-refractivity contribution in [3.63, 3.8) is 0 Å². The number of aromatic nitrogens is 3. The summed E-state index contributed by atoms with van der Waals surface area (Å²) in [5.74, 6) is 1.81. The fraction of sp³-hybridized carbons (Fsp3) is 0.556. The van der Waals surface area contributed by atoms with Gasteiger partial charge in [0.2, 0.25) is 0 Å². The number of hydrogen-bond acceptors (Lipinski definition) is 3. The zero-order valence-corrected chi connectivity index (χ0v) is 14.4. The van der Waals surface area contributed by atoms with E-state index in [1.54, 1.807) is 12.4 Å². The predicted octanol–water partition coefficient (Wildman–Crippen LogP) is 4.69. The molecule has 124 valence electrons. The molecular weight excluding hydrogens is 310 g/mol. The lowest BCUT2D eigenvalue weighted by molar-refractivity contribution is 0.181. The van der Waals surface area contributed by atoms with Crippen molar-refractivity contribution in [2.75, 3.05) is 6.61 Å². The number of hydrogen-bond donors (Lipinski definition) is 0. The molecule has 4 nitrogen and oxygen atoms in total. The molecule has 23 heavy (non-hydrogen) atoms. The molecule has 2 aromatic rings. The summed E-state index contributed by atoms with van der Waals surface area (Å²) < 4.78 is 8.15. The lowest BCUT2D eigenvalue weighted by Gasteiger charge is -2.31. The lowest BCUT2D eigenvalue weighted by atomic mass is 9.78. The summed E-state index contributed by atoms with van der Waals surface area (Å²) in [4.78, 5) is 4.08. The normalized spacial score (nSPS) is 21.3. The zero-order chi connectivity index (χ0) is 16.1. The van der Waals surface area contributed by atoms with Gasteiger partial charge in [0.05, 0.1) is 17.8 Å². The number of halogens is 1. The largest absolute Gasteiger partial charge is 0.492 e. The third kappa shape index (κ3) is 4.05. The van der Waals surface area contributed by atoms with Crippen molar-refractivity contribution in [2.24, 2.45) is 5.92 Å². The molecule has 2 aromatic heterocycles. The van der Waals surface area contributed by atoms with Crippen molar-refractivity contribution in [3.8, 4) is 5.75 Å². The van der Waals surface area contributed by atoms with Crippen LogP contribution in [0.25, 0.3) is 0 Å². The lowest BCUT2D eigenvalue weighted by Crippen LogP contribution is -2.26. The molecule has 0 bridgehead atoms. The Morgan fingerprint density at radius 3 is 3.00 bits per heavy atom. The summed E-state index contributed by atoms with van der Waals surface area (Å²) in [6.07, 6.45) is 11.4. The van der Waals surface area contributed by atoms with Crippen LogP contribution in [0.1, 0.15) is 50.6 Å². The van der Waals surface area contributed by atoms with Gasteiger partial charge in [-0.25, -0.2) is 0 Å². The molecule has 0 aliphatic heterocycles. The summed E-state index contributed by atoms with van der Waals surface area (Å²) in [5.41, 5.74) is 1.37.